The number of hydrogen-bond donors (Lipinski definition) is 1. The van der Waals surface area contributed by atoms with Gasteiger partial charge >= 0.3 is 5.97 Å². The van der Waals surface area contributed by atoms with Crippen LogP contribution in [-0.4, -0.2) is 26.6 Å². The van der Waals surface area contributed by atoms with Crippen LogP contribution in [0.5, 0.6) is 0 Å². The molecule has 0 radical (unpaired) electrons. The number of carbonyl (C=O) groups is 2. The van der Waals surface area contributed by atoms with E-state index >= 15 is 0 Å². The largest absolute Gasteiger partial charge is 0.453 e. The molecule has 1 aliphatic rings. The van der Waals surface area contributed by atoms with Gasteiger partial charge in [-0.3, -0.25) is 4.79 Å². The van der Waals surface area contributed by atoms with Crippen molar-refractivity contribution in [3.8, 4) is 5.82 Å². The molecular weight excluding hydrogens is 332 g/mol. The SMILES string of the molecule is O=C(C[C@H]1OC(=O)c2ccccc21)NCc1ccnc(-n2cccn2)c1. The molecule has 0 spiro atoms. The lowest BCUT2D eigenvalue weighted by Gasteiger charge is -2.11. The monoisotopic (exact) mass is 348 g/mol. The molecule has 7 nitrogen and oxygen atoms in total. The molecule has 1 aromatic carbocycles. The predicted octanol–water partition coefficient (Wildman–Crippen LogP) is 2.19. The lowest BCUT2D eigenvalue weighted by molar-refractivity contribution is -0.123. The Morgan fingerprint density at radius 2 is 2.08 bits per heavy atom. The van der Waals surface area contributed by atoms with Gasteiger partial charge < -0.3 is 10.1 Å². The topological polar surface area (TPSA) is 86.1 Å². The molecule has 3 heterocycles. The number of nitrogens with one attached hydrogen (secondary N) is 1. The number of fused-ring (bicyclic) bond motifs is 1. The van der Waals surface area contributed by atoms with Gasteiger partial charge in [0.2, 0.25) is 5.91 Å². The third-order valence-electron chi connectivity index (χ3n) is 4.19. The molecule has 26 heavy (non-hydrogen) atoms. The summed E-state index contributed by atoms with van der Waals surface area (Å²) in [5.74, 6) is 0.119. The van der Waals surface area contributed by atoms with Crippen LogP contribution in [0.4, 0.5) is 0 Å². The Kier molecular flexibility index (Phi) is 4.18. The molecule has 0 saturated carbocycles. The highest BCUT2D eigenvalue weighted by atomic mass is 16.5. The van der Waals surface area contributed by atoms with Crippen LogP contribution in [0.15, 0.2) is 61.1 Å². The molecule has 1 atom stereocenters. The number of pyridine rings is 1. The molecule has 1 aliphatic heterocycles. The summed E-state index contributed by atoms with van der Waals surface area (Å²) in [5.41, 5.74) is 2.20. The van der Waals surface area contributed by atoms with E-state index in [2.05, 4.69) is 15.4 Å². The Balaban J connectivity index is 1.38. The lowest BCUT2D eigenvalue weighted by atomic mass is 10.0. The molecule has 1 N–H and O–H groups in total. The van der Waals surface area contributed by atoms with Gasteiger partial charge in [-0.25, -0.2) is 14.5 Å². The van der Waals surface area contributed by atoms with Crippen molar-refractivity contribution in [3.05, 3.63) is 77.7 Å². The molecule has 2 aromatic heterocycles. The number of benzene rings is 1. The van der Waals surface area contributed by atoms with Crippen molar-refractivity contribution in [2.24, 2.45) is 0 Å². The summed E-state index contributed by atoms with van der Waals surface area (Å²) >= 11 is 0. The fourth-order valence-electron chi connectivity index (χ4n) is 2.91. The maximum atomic E-state index is 12.3. The first-order valence-electron chi connectivity index (χ1n) is 8.22. The number of hydrogen-bond acceptors (Lipinski definition) is 5. The third-order valence-corrected chi connectivity index (χ3v) is 4.19. The van der Waals surface area contributed by atoms with E-state index in [1.165, 1.54) is 0 Å². The van der Waals surface area contributed by atoms with Crippen molar-refractivity contribution < 1.29 is 14.3 Å². The maximum Gasteiger partial charge on any atom is 0.339 e. The van der Waals surface area contributed by atoms with Crippen LogP contribution in [0.1, 0.15) is 34.0 Å². The average Bonchev–Trinajstić information content (AvgIpc) is 3.30. The summed E-state index contributed by atoms with van der Waals surface area (Å²) in [5, 5.41) is 6.99. The van der Waals surface area contributed by atoms with Gasteiger partial charge in [0.05, 0.1) is 12.0 Å². The minimum absolute atomic E-state index is 0.0971. The molecule has 7 heteroatoms. The van der Waals surface area contributed by atoms with E-state index in [0.29, 0.717) is 17.9 Å². The van der Waals surface area contributed by atoms with Gasteiger partial charge in [0.1, 0.15) is 6.10 Å². The molecule has 0 fully saturated rings. The van der Waals surface area contributed by atoms with Crippen LogP contribution in [0.3, 0.4) is 0 Å². The molecule has 130 valence electrons. The standard InChI is InChI=1S/C19H16N4O3/c24-18(11-16-14-4-1-2-5-15(14)19(25)26-16)21-12-13-6-8-20-17(10-13)23-9-3-7-22-23/h1-10,16H,11-12H2,(H,21,24)/t16-/m1/s1. The Hall–Kier alpha value is -3.48. The van der Waals surface area contributed by atoms with Gasteiger partial charge in [0, 0.05) is 30.7 Å². The van der Waals surface area contributed by atoms with Gasteiger partial charge in [0.15, 0.2) is 5.82 Å². The number of aromatic nitrogens is 3. The van der Waals surface area contributed by atoms with Crippen molar-refractivity contribution in [1.82, 2.24) is 20.1 Å². The zero-order valence-corrected chi connectivity index (χ0v) is 13.8. The summed E-state index contributed by atoms with van der Waals surface area (Å²) < 4.78 is 6.95. The summed E-state index contributed by atoms with van der Waals surface area (Å²) in [7, 11) is 0. The van der Waals surface area contributed by atoms with Crippen molar-refractivity contribution in [1.29, 1.82) is 0 Å². The van der Waals surface area contributed by atoms with E-state index in [9.17, 15) is 9.59 Å². The van der Waals surface area contributed by atoms with E-state index in [1.807, 2.05) is 30.3 Å². The second-order valence-corrected chi connectivity index (χ2v) is 5.93. The molecule has 0 bridgehead atoms. The summed E-state index contributed by atoms with van der Waals surface area (Å²) in [6.07, 6.45) is 4.72. The summed E-state index contributed by atoms with van der Waals surface area (Å²) in [6.45, 7) is 0.359. The second-order valence-electron chi connectivity index (χ2n) is 5.93. The molecule has 0 aliphatic carbocycles. The predicted molar refractivity (Wildman–Crippen MR) is 92.4 cm³/mol. The number of esters is 1. The number of amides is 1. The van der Waals surface area contributed by atoms with Crippen LogP contribution in [0.2, 0.25) is 0 Å². The van der Waals surface area contributed by atoms with Crippen molar-refractivity contribution in [2.45, 2.75) is 19.1 Å². The minimum Gasteiger partial charge on any atom is -0.453 e. The smallest absolute Gasteiger partial charge is 0.339 e. The molecule has 0 unspecified atom stereocenters. The van der Waals surface area contributed by atoms with E-state index in [1.54, 1.807) is 35.4 Å². The van der Waals surface area contributed by atoms with Crippen molar-refractivity contribution in [2.75, 3.05) is 0 Å². The van der Waals surface area contributed by atoms with E-state index in [0.717, 1.165) is 11.1 Å². The van der Waals surface area contributed by atoms with Crippen LogP contribution in [-0.2, 0) is 16.1 Å². The molecule has 1 amide bonds. The van der Waals surface area contributed by atoms with Crippen LogP contribution in [0.25, 0.3) is 5.82 Å². The quantitative estimate of drug-likeness (QED) is 0.714. The zero-order valence-electron chi connectivity index (χ0n) is 13.8. The van der Waals surface area contributed by atoms with E-state index in [-0.39, 0.29) is 18.3 Å². The maximum absolute atomic E-state index is 12.3. The Labute approximate surface area is 149 Å². The Morgan fingerprint density at radius 3 is 2.92 bits per heavy atom. The first-order chi connectivity index (χ1) is 12.7. The summed E-state index contributed by atoms with van der Waals surface area (Å²) in [6, 6.07) is 12.6. The zero-order chi connectivity index (χ0) is 17.9. The molecule has 4 rings (SSSR count). The Morgan fingerprint density at radius 1 is 1.19 bits per heavy atom. The fraction of sp³-hybridized carbons (Fsp3) is 0.158. The normalized spacial score (nSPS) is 15.4. The van der Waals surface area contributed by atoms with Gasteiger partial charge in [-0.2, -0.15) is 5.10 Å². The number of carbonyl (C=O) groups excluding carboxylic acids is 2. The number of nitrogens with zero attached hydrogens (tertiary/aromatic N) is 3. The van der Waals surface area contributed by atoms with E-state index in [4.69, 9.17) is 4.74 Å². The fourth-order valence-corrected chi connectivity index (χ4v) is 2.91. The average molecular weight is 348 g/mol. The van der Waals surface area contributed by atoms with Gasteiger partial charge in [-0.1, -0.05) is 18.2 Å². The minimum atomic E-state index is -0.532. The summed E-state index contributed by atoms with van der Waals surface area (Å²) in [4.78, 5) is 28.3. The Bertz CT molecular complexity index is 953. The number of cyclic esters (lactones) is 1. The van der Waals surface area contributed by atoms with Crippen molar-refractivity contribution in [3.63, 3.8) is 0 Å². The van der Waals surface area contributed by atoms with E-state index < -0.39 is 6.10 Å². The molecular formula is C19H16N4O3. The third kappa shape index (κ3) is 3.19. The van der Waals surface area contributed by atoms with Gasteiger partial charge in [0.25, 0.3) is 0 Å². The van der Waals surface area contributed by atoms with Crippen LogP contribution >= 0.6 is 0 Å². The van der Waals surface area contributed by atoms with Gasteiger partial charge in [-0.05, 0) is 29.8 Å². The van der Waals surface area contributed by atoms with Crippen LogP contribution in [0, 0.1) is 0 Å². The van der Waals surface area contributed by atoms with Gasteiger partial charge in [-0.15, -0.1) is 0 Å². The highest BCUT2D eigenvalue weighted by molar-refractivity contribution is 5.94. The highest BCUT2D eigenvalue weighted by Gasteiger charge is 2.31. The first kappa shape index (κ1) is 16.0. The lowest BCUT2D eigenvalue weighted by Crippen LogP contribution is -2.24. The molecule has 3 aromatic rings. The number of rotatable bonds is 5. The first-order valence-corrected chi connectivity index (χ1v) is 8.22. The van der Waals surface area contributed by atoms with Crippen molar-refractivity contribution >= 4 is 11.9 Å². The second kappa shape index (κ2) is 6.79. The number of ether oxygens (including phenoxy) is 1. The highest BCUT2D eigenvalue weighted by Crippen LogP contribution is 2.32. The van der Waals surface area contributed by atoms with Crippen LogP contribution < -0.4 is 5.32 Å². The molecule has 0 saturated heterocycles.